The number of methoxy groups -OCH3 is 1. The third-order valence-corrected chi connectivity index (χ3v) is 9.83. The minimum atomic E-state index is -1.15. The highest BCUT2D eigenvalue weighted by atomic mass is 16.5. The SMILES string of the molecule is COC(=O)N[C@H](C(=O)NN(CCC(C)(C)C)C[C@H](O)[C@H](Cc1ccccc1)NC(=O)[C@@H](N1CCN(Cc2ncc3ccccn23)C1=O)C(C)(C)C)C(C)(C)C. The van der Waals surface area contributed by atoms with E-state index in [4.69, 9.17) is 4.74 Å². The lowest BCUT2D eigenvalue weighted by molar-refractivity contribution is -0.133. The first-order valence-corrected chi connectivity index (χ1v) is 19.1. The van der Waals surface area contributed by atoms with Crippen molar-refractivity contribution in [2.45, 2.75) is 106 Å². The molecular formula is C41H62N8O6. The molecule has 4 N–H and O–H groups in total. The molecule has 1 fully saturated rings. The van der Waals surface area contributed by atoms with Crippen molar-refractivity contribution in [2.24, 2.45) is 16.2 Å². The van der Waals surface area contributed by atoms with Crippen LogP contribution >= 0.6 is 0 Å². The molecule has 4 atom stereocenters. The van der Waals surface area contributed by atoms with E-state index in [2.05, 4.69) is 41.8 Å². The number of hydrazine groups is 1. The molecule has 0 bridgehead atoms. The lowest BCUT2D eigenvalue weighted by atomic mass is 9.84. The number of pyridine rings is 1. The van der Waals surface area contributed by atoms with Gasteiger partial charge in [-0.05, 0) is 46.8 Å². The predicted molar refractivity (Wildman–Crippen MR) is 212 cm³/mol. The van der Waals surface area contributed by atoms with Gasteiger partial charge in [-0.25, -0.2) is 19.6 Å². The number of urea groups is 1. The third kappa shape index (κ3) is 11.9. The molecule has 3 aromatic rings. The lowest BCUT2D eigenvalue weighted by Crippen LogP contribution is -2.61. The maximum Gasteiger partial charge on any atom is 0.407 e. The van der Waals surface area contributed by atoms with Crippen LogP contribution in [0.4, 0.5) is 9.59 Å². The van der Waals surface area contributed by atoms with Gasteiger partial charge in [-0.15, -0.1) is 0 Å². The maximum absolute atomic E-state index is 14.5. The first kappa shape index (κ1) is 43.0. The average molecular weight is 763 g/mol. The summed E-state index contributed by atoms with van der Waals surface area (Å²) in [5, 5.41) is 19.4. The zero-order valence-corrected chi connectivity index (χ0v) is 34.3. The normalized spacial score (nSPS) is 16.2. The molecular weight excluding hydrogens is 701 g/mol. The van der Waals surface area contributed by atoms with Gasteiger partial charge in [-0.1, -0.05) is 98.7 Å². The predicted octanol–water partition coefficient (Wildman–Crippen LogP) is 4.62. The zero-order chi connectivity index (χ0) is 40.7. The van der Waals surface area contributed by atoms with Gasteiger partial charge in [-0.2, -0.15) is 0 Å². The van der Waals surface area contributed by atoms with Gasteiger partial charge in [0.25, 0.3) is 5.91 Å². The Morgan fingerprint density at radius 2 is 1.58 bits per heavy atom. The van der Waals surface area contributed by atoms with Crippen LogP contribution in [0.2, 0.25) is 0 Å². The summed E-state index contributed by atoms with van der Waals surface area (Å²) in [5.41, 5.74) is 3.36. The van der Waals surface area contributed by atoms with Gasteiger partial charge >= 0.3 is 12.1 Å². The van der Waals surface area contributed by atoms with Gasteiger partial charge in [-0.3, -0.25) is 15.0 Å². The smallest absolute Gasteiger partial charge is 0.407 e. The van der Waals surface area contributed by atoms with Crippen molar-refractivity contribution in [2.75, 3.05) is 33.3 Å². The Bertz CT molecular complexity index is 1760. The summed E-state index contributed by atoms with van der Waals surface area (Å²) >= 11 is 0. The van der Waals surface area contributed by atoms with Crippen molar-refractivity contribution < 1.29 is 29.0 Å². The summed E-state index contributed by atoms with van der Waals surface area (Å²) < 4.78 is 6.74. The van der Waals surface area contributed by atoms with Crippen LogP contribution < -0.4 is 16.1 Å². The minimum Gasteiger partial charge on any atom is -0.453 e. The molecule has 0 radical (unpaired) electrons. The first-order chi connectivity index (χ1) is 25.7. The highest BCUT2D eigenvalue weighted by molar-refractivity contribution is 5.89. The number of ether oxygens (including phenoxy) is 1. The second kappa shape index (κ2) is 17.8. The number of aromatic nitrogens is 2. The lowest BCUT2D eigenvalue weighted by Gasteiger charge is -2.38. The van der Waals surface area contributed by atoms with E-state index in [1.165, 1.54) is 7.11 Å². The van der Waals surface area contributed by atoms with E-state index in [1.807, 2.05) is 101 Å². The fraction of sp³-hybridized carbons (Fsp3) is 0.585. The topological polar surface area (TPSA) is 161 Å². The van der Waals surface area contributed by atoms with E-state index >= 15 is 0 Å². The maximum atomic E-state index is 14.5. The highest BCUT2D eigenvalue weighted by Crippen LogP contribution is 2.29. The van der Waals surface area contributed by atoms with Crippen LogP contribution in [-0.2, 0) is 27.3 Å². The van der Waals surface area contributed by atoms with E-state index in [9.17, 15) is 24.3 Å². The van der Waals surface area contributed by atoms with E-state index in [1.54, 1.807) is 21.0 Å². The second-order valence-electron chi connectivity index (χ2n) is 17.9. The summed E-state index contributed by atoms with van der Waals surface area (Å²) in [6.07, 6.45) is 2.78. The monoisotopic (exact) mass is 762 g/mol. The molecule has 0 unspecified atom stereocenters. The van der Waals surface area contributed by atoms with Crippen molar-refractivity contribution in [3.8, 4) is 0 Å². The van der Waals surface area contributed by atoms with Crippen molar-refractivity contribution in [1.29, 1.82) is 0 Å². The Balaban J connectivity index is 1.58. The number of hydrogen-bond donors (Lipinski definition) is 4. The Hall–Kier alpha value is -4.69. The molecule has 0 spiro atoms. The van der Waals surface area contributed by atoms with Gasteiger partial charge in [0.15, 0.2) is 0 Å². The van der Waals surface area contributed by atoms with Gasteiger partial charge in [0, 0.05) is 32.4 Å². The van der Waals surface area contributed by atoms with Crippen LogP contribution in [0.25, 0.3) is 5.52 Å². The molecule has 302 valence electrons. The minimum absolute atomic E-state index is 0.0242. The molecule has 1 aromatic carbocycles. The third-order valence-electron chi connectivity index (χ3n) is 9.83. The number of nitrogens with zero attached hydrogens (tertiary/aromatic N) is 5. The van der Waals surface area contributed by atoms with Crippen LogP contribution in [0.1, 0.15) is 80.1 Å². The fourth-order valence-electron chi connectivity index (χ4n) is 6.78. The molecule has 0 saturated carbocycles. The summed E-state index contributed by atoms with van der Waals surface area (Å²) in [6.45, 7) is 19.0. The summed E-state index contributed by atoms with van der Waals surface area (Å²) in [4.78, 5) is 62.3. The highest BCUT2D eigenvalue weighted by Gasteiger charge is 2.44. The number of alkyl carbamates (subject to hydrolysis) is 1. The van der Waals surface area contributed by atoms with E-state index in [-0.39, 0.29) is 23.9 Å². The Morgan fingerprint density at radius 3 is 2.20 bits per heavy atom. The quantitative estimate of drug-likeness (QED) is 0.163. The molecule has 1 aliphatic heterocycles. The number of carbonyl (C=O) groups is 4. The number of imidazole rings is 1. The fourth-order valence-corrected chi connectivity index (χ4v) is 6.78. The van der Waals surface area contributed by atoms with E-state index < -0.39 is 47.1 Å². The summed E-state index contributed by atoms with van der Waals surface area (Å²) in [6, 6.07) is 12.5. The van der Waals surface area contributed by atoms with Crippen LogP contribution in [0, 0.1) is 16.2 Å². The number of amides is 5. The average Bonchev–Trinajstić information content (AvgIpc) is 3.67. The van der Waals surface area contributed by atoms with Crippen LogP contribution in [-0.4, -0.2) is 111 Å². The van der Waals surface area contributed by atoms with E-state index in [0.717, 1.165) is 16.9 Å². The Labute approximate surface area is 325 Å². The molecule has 4 rings (SSSR count). The molecule has 14 nitrogen and oxygen atoms in total. The molecule has 55 heavy (non-hydrogen) atoms. The molecule has 1 saturated heterocycles. The summed E-state index contributed by atoms with van der Waals surface area (Å²) in [5.74, 6) is -0.114. The molecule has 1 aliphatic rings. The molecule has 0 aliphatic carbocycles. The van der Waals surface area contributed by atoms with Crippen molar-refractivity contribution in [3.05, 3.63) is 72.3 Å². The molecule has 5 amide bonds. The number of carbonyl (C=O) groups excluding carboxylic acids is 4. The number of aliphatic hydroxyl groups is 1. The largest absolute Gasteiger partial charge is 0.453 e. The number of nitrogens with one attached hydrogen (secondary N) is 3. The Morgan fingerprint density at radius 1 is 0.909 bits per heavy atom. The van der Waals surface area contributed by atoms with Crippen molar-refractivity contribution >= 4 is 29.5 Å². The van der Waals surface area contributed by atoms with Crippen molar-refractivity contribution in [3.63, 3.8) is 0 Å². The molecule has 14 heteroatoms. The van der Waals surface area contributed by atoms with Crippen LogP contribution in [0.3, 0.4) is 0 Å². The number of rotatable bonds is 15. The molecule has 2 aromatic heterocycles. The van der Waals surface area contributed by atoms with Gasteiger partial charge < -0.3 is 34.7 Å². The van der Waals surface area contributed by atoms with E-state index in [0.29, 0.717) is 39.0 Å². The Kier molecular flexibility index (Phi) is 14.0. The van der Waals surface area contributed by atoms with Gasteiger partial charge in [0.05, 0.1) is 37.5 Å². The number of aliphatic hydroxyl groups excluding tert-OH is 1. The second-order valence-corrected chi connectivity index (χ2v) is 17.9. The van der Waals surface area contributed by atoms with Crippen LogP contribution in [0.5, 0.6) is 0 Å². The van der Waals surface area contributed by atoms with Crippen molar-refractivity contribution in [1.82, 2.24) is 40.3 Å². The van der Waals surface area contributed by atoms with Crippen LogP contribution in [0.15, 0.2) is 60.9 Å². The first-order valence-electron chi connectivity index (χ1n) is 19.1. The number of fused-ring (bicyclic) bond motifs is 1. The number of benzene rings is 1. The number of hydrogen-bond acceptors (Lipinski definition) is 8. The van der Waals surface area contributed by atoms with Gasteiger partial charge in [0.1, 0.15) is 17.9 Å². The summed E-state index contributed by atoms with van der Waals surface area (Å²) in [7, 11) is 1.24. The van der Waals surface area contributed by atoms with Gasteiger partial charge in [0.2, 0.25) is 5.91 Å². The standard InChI is InChI=1S/C41H62N8O6/c1-39(2,3)19-21-47(45-35(51)33(40(4,5)6)44-37(53)55-10)26-31(50)30(24-28-16-12-11-13-17-28)43-36(52)34(41(7,8)9)49-23-22-46(38(49)54)27-32-42-25-29-18-14-15-20-48(29)32/h11-18,20,25,30-31,33-34,50H,19,21-24,26-27H2,1-10H3,(H,43,52)(H,44,53)(H,45,51)/t30-,31-,33+,34+/m0/s1. The zero-order valence-electron chi connectivity index (χ0n) is 34.3. The molecule has 3 heterocycles.